The van der Waals surface area contributed by atoms with Gasteiger partial charge in [0.15, 0.2) is 5.82 Å². The Labute approximate surface area is 205 Å². The Morgan fingerprint density at radius 2 is 1.57 bits per heavy atom. The highest BCUT2D eigenvalue weighted by Crippen LogP contribution is 2.24. The zero-order valence-corrected chi connectivity index (χ0v) is 20.4. The van der Waals surface area contributed by atoms with Crippen molar-refractivity contribution in [1.82, 2.24) is 29.8 Å². The maximum Gasteiger partial charge on any atom is 0.229 e. The molecule has 4 heterocycles. The molecule has 2 N–H and O–H groups in total. The SMILES string of the molecule is Cc1cccc(-c2nccc(Nc3ccnc(Nc4ccc5c(c4)CCN(C(C)C)CC5)n3)n2)n1. The lowest BCUT2D eigenvalue weighted by Crippen LogP contribution is -2.32. The number of aromatic nitrogens is 5. The number of hydrogen-bond acceptors (Lipinski definition) is 8. The fraction of sp³-hybridized carbons (Fsp3) is 0.296. The lowest BCUT2D eigenvalue weighted by atomic mass is 10.0. The van der Waals surface area contributed by atoms with Gasteiger partial charge < -0.3 is 15.5 Å². The Kier molecular flexibility index (Phi) is 6.63. The van der Waals surface area contributed by atoms with Gasteiger partial charge in [0, 0.05) is 42.9 Å². The maximum absolute atomic E-state index is 4.63. The number of aryl methyl sites for hydroxylation is 1. The number of hydrogen-bond donors (Lipinski definition) is 2. The lowest BCUT2D eigenvalue weighted by Gasteiger charge is -2.23. The monoisotopic (exact) mass is 466 g/mol. The third kappa shape index (κ3) is 5.60. The zero-order valence-electron chi connectivity index (χ0n) is 20.4. The molecule has 0 fully saturated rings. The molecule has 0 amide bonds. The average molecular weight is 467 g/mol. The van der Waals surface area contributed by atoms with Crippen LogP contribution >= 0.6 is 0 Å². The number of nitrogens with one attached hydrogen (secondary N) is 2. The Hall–Kier alpha value is -3.91. The van der Waals surface area contributed by atoms with Crippen LogP contribution in [0.5, 0.6) is 0 Å². The van der Waals surface area contributed by atoms with Gasteiger partial charge in [-0.2, -0.15) is 4.98 Å². The van der Waals surface area contributed by atoms with Crippen LogP contribution in [0.1, 0.15) is 30.7 Å². The standard InChI is InChI=1S/C27H30N8/c1-18(2)35-15-11-20-7-8-22(17-21(20)12-16-35)31-27-29-14-10-25(34-27)32-24-9-13-28-26(33-24)23-6-4-5-19(3)30-23/h4-10,13-14,17-18H,11-12,15-16H2,1-3H3,(H2,28,29,31,32,33,34). The van der Waals surface area contributed by atoms with Crippen molar-refractivity contribution in [2.24, 2.45) is 0 Å². The molecule has 1 aliphatic rings. The van der Waals surface area contributed by atoms with E-state index in [2.05, 4.69) is 72.5 Å². The molecule has 0 spiro atoms. The van der Waals surface area contributed by atoms with E-state index in [0.29, 0.717) is 29.5 Å². The lowest BCUT2D eigenvalue weighted by molar-refractivity contribution is 0.233. The van der Waals surface area contributed by atoms with Crippen LogP contribution in [0.15, 0.2) is 60.9 Å². The first-order valence-electron chi connectivity index (χ1n) is 12.0. The van der Waals surface area contributed by atoms with E-state index in [4.69, 9.17) is 0 Å². The van der Waals surface area contributed by atoms with Crippen LogP contribution in [0.25, 0.3) is 11.5 Å². The van der Waals surface area contributed by atoms with Crippen LogP contribution in [-0.2, 0) is 12.8 Å². The van der Waals surface area contributed by atoms with Crippen molar-refractivity contribution >= 4 is 23.3 Å². The maximum atomic E-state index is 4.63. The van der Waals surface area contributed by atoms with Gasteiger partial charge in [0.1, 0.15) is 17.3 Å². The molecule has 0 aliphatic carbocycles. The fourth-order valence-corrected chi connectivity index (χ4v) is 4.30. The van der Waals surface area contributed by atoms with E-state index >= 15 is 0 Å². The summed E-state index contributed by atoms with van der Waals surface area (Å²) in [6.45, 7) is 8.68. The summed E-state index contributed by atoms with van der Waals surface area (Å²) in [5.41, 5.74) is 5.47. The second-order valence-electron chi connectivity index (χ2n) is 9.06. The molecule has 5 rings (SSSR count). The smallest absolute Gasteiger partial charge is 0.229 e. The van der Waals surface area contributed by atoms with Crippen molar-refractivity contribution in [3.05, 3.63) is 77.7 Å². The number of pyridine rings is 1. The molecular formula is C27H30N8. The van der Waals surface area contributed by atoms with Gasteiger partial charge in [-0.05, 0) is 81.1 Å². The molecule has 8 heteroatoms. The Balaban J connectivity index is 1.30. The first-order chi connectivity index (χ1) is 17.0. The number of fused-ring (bicyclic) bond motifs is 1. The molecule has 178 valence electrons. The van der Waals surface area contributed by atoms with Crippen molar-refractivity contribution < 1.29 is 0 Å². The van der Waals surface area contributed by atoms with Gasteiger partial charge in [-0.1, -0.05) is 12.1 Å². The third-order valence-electron chi connectivity index (χ3n) is 6.21. The molecule has 1 aliphatic heterocycles. The summed E-state index contributed by atoms with van der Waals surface area (Å²) in [5.74, 6) is 2.38. The van der Waals surface area contributed by atoms with E-state index in [1.54, 1.807) is 18.5 Å². The number of nitrogens with zero attached hydrogens (tertiary/aromatic N) is 6. The van der Waals surface area contributed by atoms with Gasteiger partial charge in [0.2, 0.25) is 5.95 Å². The van der Waals surface area contributed by atoms with Crippen LogP contribution in [0.4, 0.5) is 23.3 Å². The first kappa shape index (κ1) is 22.9. The van der Waals surface area contributed by atoms with Crippen molar-refractivity contribution in [2.75, 3.05) is 23.7 Å². The third-order valence-corrected chi connectivity index (χ3v) is 6.21. The van der Waals surface area contributed by atoms with Crippen molar-refractivity contribution in [1.29, 1.82) is 0 Å². The van der Waals surface area contributed by atoms with Crippen LogP contribution in [0.2, 0.25) is 0 Å². The van der Waals surface area contributed by atoms with Crippen LogP contribution in [-0.4, -0.2) is 49.0 Å². The normalized spacial score (nSPS) is 13.8. The van der Waals surface area contributed by atoms with Gasteiger partial charge in [-0.25, -0.2) is 19.9 Å². The molecule has 0 atom stereocenters. The van der Waals surface area contributed by atoms with Crippen LogP contribution in [0, 0.1) is 6.92 Å². The molecule has 3 aromatic heterocycles. The zero-order chi connectivity index (χ0) is 24.2. The van der Waals surface area contributed by atoms with Crippen molar-refractivity contribution in [3.8, 4) is 11.5 Å². The van der Waals surface area contributed by atoms with Crippen molar-refractivity contribution in [3.63, 3.8) is 0 Å². The summed E-state index contributed by atoms with van der Waals surface area (Å²) < 4.78 is 0. The summed E-state index contributed by atoms with van der Waals surface area (Å²) in [6.07, 6.45) is 5.58. The molecule has 0 radical (unpaired) electrons. The summed E-state index contributed by atoms with van der Waals surface area (Å²) in [4.78, 5) is 25.0. The topological polar surface area (TPSA) is 91.8 Å². The predicted octanol–water partition coefficient (Wildman–Crippen LogP) is 4.93. The average Bonchev–Trinajstić information content (AvgIpc) is 3.07. The fourth-order valence-electron chi connectivity index (χ4n) is 4.30. The second-order valence-corrected chi connectivity index (χ2v) is 9.06. The summed E-state index contributed by atoms with van der Waals surface area (Å²) in [7, 11) is 0. The Morgan fingerprint density at radius 1 is 0.800 bits per heavy atom. The highest BCUT2D eigenvalue weighted by molar-refractivity contribution is 5.60. The van der Waals surface area contributed by atoms with Gasteiger partial charge in [0.05, 0.1) is 0 Å². The molecule has 8 nitrogen and oxygen atoms in total. The Morgan fingerprint density at radius 3 is 2.37 bits per heavy atom. The second kappa shape index (κ2) is 10.1. The first-order valence-corrected chi connectivity index (χ1v) is 12.0. The highest BCUT2D eigenvalue weighted by atomic mass is 15.2. The number of rotatable bonds is 6. The van der Waals surface area contributed by atoms with Gasteiger partial charge in [-0.3, -0.25) is 0 Å². The van der Waals surface area contributed by atoms with E-state index in [1.165, 1.54) is 11.1 Å². The van der Waals surface area contributed by atoms with Gasteiger partial charge in [-0.15, -0.1) is 0 Å². The van der Waals surface area contributed by atoms with E-state index < -0.39 is 0 Å². The van der Waals surface area contributed by atoms with Gasteiger partial charge >= 0.3 is 0 Å². The predicted molar refractivity (Wildman–Crippen MR) is 139 cm³/mol. The molecule has 0 saturated carbocycles. The molecule has 0 unspecified atom stereocenters. The quantitative estimate of drug-likeness (QED) is 0.413. The molecule has 4 aromatic rings. The molecule has 0 saturated heterocycles. The summed E-state index contributed by atoms with van der Waals surface area (Å²) in [6, 6.07) is 16.6. The number of anilines is 4. The van der Waals surface area contributed by atoms with E-state index in [9.17, 15) is 0 Å². The minimum Gasteiger partial charge on any atom is -0.325 e. The van der Waals surface area contributed by atoms with Crippen LogP contribution in [0.3, 0.4) is 0 Å². The molecule has 35 heavy (non-hydrogen) atoms. The summed E-state index contributed by atoms with van der Waals surface area (Å²) in [5, 5.41) is 6.61. The summed E-state index contributed by atoms with van der Waals surface area (Å²) >= 11 is 0. The van der Waals surface area contributed by atoms with Gasteiger partial charge in [0.25, 0.3) is 0 Å². The minimum absolute atomic E-state index is 0.530. The largest absolute Gasteiger partial charge is 0.325 e. The molecular weight excluding hydrogens is 436 g/mol. The van der Waals surface area contributed by atoms with Crippen LogP contribution < -0.4 is 10.6 Å². The molecule has 1 aromatic carbocycles. The highest BCUT2D eigenvalue weighted by Gasteiger charge is 2.16. The molecule has 0 bridgehead atoms. The van der Waals surface area contributed by atoms with E-state index in [1.807, 2.05) is 31.2 Å². The number of benzene rings is 1. The van der Waals surface area contributed by atoms with Crippen molar-refractivity contribution in [2.45, 2.75) is 39.7 Å². The Bertz CT molecular complexity index is 1320. The van der Waals surface area contributed by atoms with E-state index in [-0.39, 0.29) is 0 Å². The van der Waals surface area contributed by atoms with E-state index in [0.717, 1.165) is 43.0 Å². The minimum atomic E-state index is 0.530.